The van der Waals surface area contributed by atoms with E-state index in [4.69, 9.17) is 4.74 Å². The van der Waals surface area contributed by atoms with E-state index in [0.717, 1.165) is 5.56 Å². The largest absolute Gasteiger partial charge is 0.495 e. The Bertz CT molecular complexity index is 461. The predicted octanol–water partition coefficient (Wildman–Crippen LogP) is 2.77. The minimum Gasteiger partial charge on any atom is -0.495 e. The fourth-order valence-corrected chi connectivity index (χ4v) is 2.20. The van der Waals surface area contributed by atoms with Crippen LogP contribution in [0.15, 0.2) is 42.3 Å². The Morgan fingerprint density at radius 2 is 2.21 bits per heavy atom. The topological polar surface area (TPSA) is 49.8 Å². The van der Waals surface area contributed by atoms with Gasteiger partial charge in [-0.05, 0) is 30.2 Å². The number of allylic oxidation sites excluding steroid dienone is 1. The third-order valence-electron chi connectivity index (χ3n) is 2.98. The lowest BCUT2D eigenvalue weighted by Gasteiger charge is -2.20. The number of cyclic esters (lactones) is 1. The molecular weight excluding hydrogens is 262 g/mol. The number of hydrogen-bond donors (Lipinski definition) is 2. The van der Waals surface area contributed by atoms with Gasteiger partial charge in [0.25, 0.3) is 0 Å². The molecule has 0 unspecified atom stereocenters. The smallest absolute Gasteiger partial charge is 0.417 e. The number of carbonyl (C=O) groups is 1. The summed E-state index contributed by atoms with van der Waals surface area (Å²) in [6.45, 7) is 0.298. The molecule has 1 fully saturated rings. The second-order valence-electron chi connectivity index (χ2n) is 4.37. The van der Waals surface area contributed by atoms with Crippen LogP contribution in [0, 0.1) is 0 Å². The van der Waals surface area contributed by atoms with Crippen LogP contribution in [0.2, 0.25) is 0 Å². The van der Waals surface area contributed by atoms with Gasteiger partial charge in [0, 0.05) is 0 Å². The Morgan fingerprint density at radius 1 is 1.47 bits per heavy atom. The van der Waals surface area contributed by atoms with Crippen LogP contribution >= 0.6 is 12.6 Å². The monoisotopic (exact) mass is 279 g/mol. The minimum atomic E-state index is -0.492. The molecule has 1 aromatic carbocycles. The summed E-state index contributed by atoms with van der Waals surface area (Å²) in [5, 5.41) is 9.95. The molecule has 0 radical (unpaired) electrons. The van der Waals surface area contributed by atoms with Crippen molar-refractivity contribution >= 4 is 18.7 Å². The molecule has 0 aliphatic carbocycles. The molecule has 1 atom stereocenters. The highest BCUT2D eigenvalue weighted by Gasteiger charge is 2.35. The zero-order valence-corrected chi connectivity index (χ0v) is 11.4. The molecule has 0 bridgehead atoms. The summed E-state index contributed by atoms with van der Waals surface area (Å²) in [7, 11) is 0. The van der Waals surface area contributed by atoms with Gasteiger partial charge in [-0.2, -0.15) is 12.6 Å². The molecule has 1 heterocycles. The van der Waals surface area contributed by atoms with Gasteiger partial charge >= 0.3 is 6.09 Å². The lowest BCUT2D eigenvalue weighted by atomic mass is 10.1. The van der Waals surface area contributed by atoms with Crippen molar-refractivity contribution in [3.8, 4) is 0 Å². The Balaban J connectivity index is 2.09. The van der Waals surface area contributed by atoms with Crippen molar-refractivity contribution in [2.45, 2.75) is 18.9 Å². The number of amides is 1. The molecule has 1 N–H and O–H groups in total. The third kappa shape index (κ3) is 3.44. The average Bonchev–Trinajstić information content (AvgIpc) is 2.78. The van der Waals surface area contributed by atoms with Crippen molar-refractivity contribution in [3.05, 3.63) is 47.9 Å². The number of benzene rings is 1. The molecule has 4 nitrogen and oxygen atoms in total. The summed E-state index contributed by atoms with van der Waals surface area (Å²) in [6.07, 6.45) is 2.37. The van der Waals surface area contributed by atoms with Crippen molar-refractivity contribution in [2.24, 2.45) is 0 Å². The van der Waals surface area contributed by atoms with E-state index in [0.29, 0.717) is 25.2 Å². The SMILES string of the molecule is O=C1OC[C@@H](Cc2ccccc2)N1/C(O)=C\CCS. The molecule has 5 heteroatoms. The molecule has 1 aliphatic rings. The van der Waals surface area contributed by atoms with Gasteiger partial charge in [-0.15, -0.1) is 0 Å². The first-order chi connectivity index (χ1) is 9.22. The van der Waals surface area contributed by atoms with Crippen molar-refractivity contribution in [2.75, 3.05) is 12.4 Å². The molecule has 1 saturated heterocycles. The van der Waals surface area contributed by atoms with Crippen LogP contribution in [0.1, 0.15) is 12.0 Å². The van der Waals surface area contributed by atoms with Crippen LogP contribution in [0.5, 0.6) is 0 Å². The quantitative estimate of drug-likeness (QED) is 0.643. The molecule has 0 aromatic heterocycles. The summed E-state index contributed by atoms with van der Waals surface area (Å²) < 4.78 is 5.02. The maximum atomic E-state index is 11.7. The van der Waals surface area contributed by atoms with Crippen molar-refractivity contribution in [1.29, 1.82) is 0 Å². The van der Waals surface area contributed by atoms with Crippen LogP contribution in [0.3, 0.4) is 0 Å². The molecule has 1 amide bonds. The van der Waals surface area contributed by atoms with Gasteiger partial charge in [0.05, 0.1) is 6.04 Å². The average molecular weight is 279 g/mol. The van der Waals surface area contributed by atoms with Crippen LogP contribution in [0.4, 0.5) is 4.79 Å². The molecule has 19 heavy (non-hydrogen) atoms. The summed E-state index contributed by atoms with van der Waals surface area (Å²) in [6, 6.07) is 9.68. The Hall–Kier alpha value is -1.62. The van der Waals surface area contributed by atoms with Gasteiger partial charge in [0.1, 0.15) is 6.61 Å². The fourth-order valence-electron chi connectivity index (χ4n) is 2.07. The van der Waals surface area contributed by atoms with Crippen molar-refractivity contribution in [1.82, 2.24) is 4.90 Å². The highest BCUT2D eigenvalue weighted by Crippen LogP contribution is 2.21. The molecule has 2 rings (SSSR count). The molecule has 1 aliphatic heterocycles. The van der Waals surface area contributed by atoms with E-state index in [9.17, 15) is 9.90 Å². The van der Waals surface area contributed by atoms with Gasteiger partial charge in [-0.3, -0.25) is 0 Å². The van der Waals surface area contributed by atoms with E-state index in [-0.39, 0.29) is 11.9 Å². The first-order valence-electron chi connectivity index (χ1n) is 6.22. The number of nitrogens with zero attached hydrogens (tertiary/aromatic N) is 1. The summed E-state index contributed by atoms with van der Waals surface area (Å²) in [4.78, 5) is 13.0. The van der Waals surface area contributed by atoms with Crippen molar-refractivity contribution < 1.29 is 14.6 Å². The Labute approximate surface area is 118 Å². The number of carbonyl (C=O) groups excluding carboxylic acids is 1. The summed E-state index contributed by atoms with van der Waals surface area (Å²) >= 11 is 4.07. The molecule has 0 spiro atoms. The molecule has 102 valence electrons. The minimum absolute atomic E-state index is 0.0440. The second kappa shape index (κ2) is 6.52. The second-order valence-corrected chi connectivity index (χ2v) is 4.81. The van der Waals surface area contributed by atoms with E-state index in [1.54, 1.807) is 6.08 Å². The van der Waals surface area contributed by atoms with E-state index in [1.807, 2.05) is 30.3 Å². The normalized spacial score (nSPS) is 19.6. The predicted molar refractivity (Wildman–Crippen MR) is 76.3 cm³/mol. The number of thiol groups is 1. The van der Waals surface area contributed by atoms with Gasteiger partial charge in [-0.25, -0.2) is 9.69 Å². The maximum absolute atomic E-state index is 11.7. The standard InChI is InChI=1S/C14H17NO3S/c16-13(7-4-8-19)15-12(10-18-14(15)17)9-11-5-2-1-3-6-11/h1-3,5-7,12,16,19H,4,8-10H2/b13-7+/t12-/m1/s1. The van der Waals surface area contributed by atoms with Crippen LogP contribution in [0.25, 0.3) is 0 Å². The first-order valence-corrected chi connectivity index (χ1v) is 6.85. The van der Waals surface area contributed by atoms with Gasteiger partial charge in [0.2, 0.25) is 0 Å². The van der Waals surface area contributed by atoms with Crippen molar-refractivity contribution in [3.63, 3.8) is 0 Å². The van der Waals surface area contributed by atoms with Crippen LogP contribution < -0.4 is 0 Å². The summed E-state index contributed by atoms with van der Waals surface area (Å²) in [5.41, 5.74) is 1.11. The van der Waals surface area contributed by atoms with E-state index in [2.05, 4.69) is 12.6 Å². The lowest BCUT2D eigenvalue weighted by Crippen LogP contribution is -2.34. The Kier molecular flexibility index (Phi) is 4.74. The highest BCUT2D eigenvalue weighted by molar-refractivity contribution is 7.80. The number of rotatable bonds is 5. The highest BCUT2D eigenvalue weighted by atomic mass is 32.1. The van der Waals surface area contributed by atoms with Crippen LogP contribution in [-0.2, 0) is 11.2 Å². The molecule has 1 aromatic rings. The number of aliphatic hydroxyl groups excluding tert-OH is 1. The molecule has 0 saturated carbocycles. The van der Waals surface area contributed by atoms with Crippen LogP contribution in [-0.4, -0.2) is 34.5 Å². The first kappa shape index (κ1) is 13.8. The van der Waals surface area contributed by atoms with Gasteiger partial charge in [0.15, 0.2) is 5.88 Å². The number of ether oxygens (including phenoxy) is 1. The number of hydrogen-bond acceptors (Lipinski definition) is 4. The van der Waals surface area contributed by atoms with Gasteiger partial charge < -0.3 is 9.84 Å². The maximum Gasteiger partial charge on any atom is 0.417 e. The zero-order chi connectivity index (χ0) is 13.7. The molecular formula is C14H17NO3S. The van der Waals surface area contributed by atoms with E-state index >= 15 is 0 Å². The fraction of sp³-hybridized carbons (Fsp3) is 0.357. The number of aliphatic hydroxyl groups is 1. The van der Waals surface area contributed by atoms with E-state index in [1.165, 1.54) is 4.90 Å². The Morgan fingerprint density at radius 3 is 2.89 bits per heavy atom. The third-order valence-corrected chi connectivity index (χ3v) is 3.24. The zero-order valence-electron chi connectivity index (χ0n) is 10.5. The van der Waals surface area contributed by atoms with E-state index < -0.39 is 6.09 Å². The summed E-state index contributed by atoms with van der Waals surface area (Å²) in [5.74, 6) is 0.577. The lowest BCUT2D eigenvalue weighted by molar-refractivity contribution is 0.149. The van der Waals surface area contributed by atoms with Gasteiger partial charge in [-0.1, -0.05) is 30.3 Å².